The second-order valence-corrected chi connectivity index (χ2v) is 5.74. The zero-order valence-electron chi connectivity index (χ0n) is 10.3. The summed E-state index contributed by atoms with van der Waals surface area (Å²) in [5.74, 6) is 0.473. The van der Waals surface area contributed by atoms with Gasteiger partial charge in [-0.25, -0.2) is 0 Å². The van der Waals surface area contributed by atoms with E-state index in [1.54, 1.807) is 18.2 Å². The summed E-state index contributed by atoms with van der Waals surface area (Å²) in [6, 6.07) is 5.57. The SMILES string of the molecule is CC(C)(C)Nc1nc(-c2ccc(Cl)c(Cl)c2)no1. The van der Waals surface area contributed by atoms with Gasteiger partial charge in [-0.15, -0.1) is 0 Å². The van der Waals surface area contributed by atoms with E-state index in [4.69, 9.17) is 27.7 Å². The molecule has 0 atom stereocenters. The summed E-state index contributed by atoms with van der Waals surface area (Å²) in [5.41, 5.74) is 0.622. The van der Waals surface area contributed by atoms with Crippen molar-refractivity contribution in [2.45, 2.75) is 26.3 Å². The number of halogens is 2. The number of nitrogens with one attached hydrogen (secondary N) is 1. The summed E-state index contributed by atoms with van der Waals surface area (Å²) < 4.78 is 5.12. The molecule has 0 aliphatic carbocycles. The average Bonchev–Trinajstić information content (AvgIpc) is 2.68. The van der Waals surface area contributed by atoms with Gasteiger partial charge >= 0.3 is 6.01 Å². The van der Waals surface area contributed by atoms with Gasteiger partial charge in [-0.1, -0.05) is 28.4 Å². The first kappa shape index (κ1) is 13.2. The van der Waals surface area contributed by atoms with Gasteiger partial charge in [-0.05, 0) is 39.0 Å². The van der Waals surface area contributed by atoms with Crippen molar-refractivity contribution in [2.24, 2.45) is 0 Å². The highest BCUT2D eigenvalue weighted by molar-refractivity contribution is 6.42. The number of benzene rings is 1. The summed E-state index contributed by atoms with van der Waals surface area (Å²) in [7, 11) is 0. The van der Waals surface area contributed by atoms with Crippen molar-refractivity contribution < 1.29 is 4.52 Å². The molecule has 0 radical (unpaired) electrons. The highest BCUT2D eigenvalue weighted by Crippen LogP contribution is 2.27. The lowest BCUT2D eigenvalue weighted by atomic mass is 10.1. The maximum absolute atomic E-state index is 5.94. The molecule has 0 fully saturated rings. The largest absolute Gasteiger partial charge is 0.333 e. The third-order valence-corrected chi connectivity index (χ3v) is 2.82. The van der Waals surface area contributed by atoms with Crippen LogP contribution in [0.1, 0.15) is 20.8 Å². The van der Waals surface area contributed by atoms with Gasteiger partial charge < -0.3 is 9.84 Å². The summed E-state index contributed by atoms with van der Waals surface area (Å²) >= 11 is 11.8. The summed E-state index contributed by atoms with van der Waals surface area (Å²) in [6.07, 6.45) is 0. The molecular formula is C12H13Cl2N3O. The minimum atomic E-state index is -0.137. The Kier molecular flexibility index (Phi) is 3.50. The Balaban J connectivity index is 2.26. The second kappa shape index (κ2) is 4.78. The molecule has 0 spiro atoms. The minimum Gasteiger partial charge on any atom is -0.333 e. The maximum Gasteiger partial charge on any atom is 0.322 e. The quantitative estimate of drug-likeness (QED) is 0.896. The molecule has 0 unspecified atom stereocenters. The number of hydrogen-bond acceptors (Lipinski definition) is 4. The first-order chi connectivity index (χ1) is 8.35. The average molecular weight is 286 g/mol. The van der Waals surface area contributed by atoms with E-state index >= 15 is 0 Å². The van der Waals surface area contributed by atoms with Crippen LogP contribution in [-0.4, -0.2) is 15.7 Å². The van der Waals surface area contributed by atoms with Crippen molar-refractivity contribution in [3.8, 4) is 11.4 Å². The molecule has 0 amide bonds. The van der Waals surface area contributed by atoms with Crippen LogP contribution in [0.5, 0.6) is 0 Å². The summed E-state index contributed by atoms with van der Waals surface area (Å²) in [5, 5.41) is 7.95. The second-order valence-electron chi connectivity index (χ2n) is 4.93. The molecule has 1 aromatic heterocycles. The van der Waals surface area contributed by atoms with Gasteiger partial charge in [0.15, 0.2) is 0 Å². The Labute approximate surface area is 115 Å². The number of aromatic nitrogens is 2. The smallest absolute Gasteiger partial charge is 0.322 e. The third kappa shape index (κ3) is 3.15. The lowest BCUT2D eigenvalue weighted by Gasteiger charge is -2.17. The van der Waals surface area contributed by atoms with Gasteiger partial charge in [0.05, 0.1) is 10.0 Å². The molecule has 1 aromatic carbocycles. The van der Waals surface area contributed by atoms with Gasteiger partial charge in [-0.3, -0.25) is 0 Å². The Morgan fingerprint density at radius 1 is 1.17 bits per heavy atom. The van der Waals surface area contributed by atoms with E-state index in [1.165, 1.54) is 0 Å². The molecule has 1 heterocycles. The van der Waals surface area contributed by atoms with E-state index in [0.29, 0.717) is 21.9 Å². The van der Waals surface area contributed by atoms with Crippen LogP contribution in [0.15, 0.2) is 22.7 Å². The van der Waals surface area contributed by atoms with E-state index in [-0.39, 0.29) is 5.54 Å². The highest BCUT2D eigenvalue weighted by Gasteiger charge is 2.15. The highest BCUT2D eigenvalue weighted by atomic mass is 35.5. The van der Waals surface area contributed by atoms with E-state index in [1.807, 2.05) is 20.8 Å². The maximum atomic E-state index is 5.94. The standard InChI is InChI=1S/C12H13Cl2N3O/c1-12(2,3)16-11-15-10(17-18-11)7-4-5-8(13)9(14)6-7/h4-6H,1-3H3,(H,15,16,17). The molecule has 18 heavy (non-hydrogen) atoms. The van der Waals surface area contributed by atoms with Crippen molar-refractivity contribution in [1.82, 2.24) is 10.1 Å². The zero-order chi connectivity index (χ0) is 13.3. The first-order valence-electron chi connectivity index (χ1n) is 5.42. The number of anilines is 1. The van der Waals surface area contributed by atoms with Crippen molar-refractivity contribution in [3.63, 3.8) is 0 Å². The molecule has 1 N–H and O–H groups in total. The molecule has 0 aliphatic rings. The van der Waals surface area contributed by atoms with Gasteiger partial charge in [0, 0.05) is 11.1 Å². The van der Waals surface area contributed by atoms with Crippen LogP contribution in [-0.2, 0) is 0 Å². The van der Waals surface area contributed by atoms with Gasteiger partial charge in [-0.2, -0.15) is 4.98 Å². The molecule has 0 saturated heterocycles. The molecule has 0 saturated carbocycles. The van der Waals surface area contributed by atoms with Gasteiger partial charge in [0.2, 0.25) is 5.82 Å². The Morgan fingerprint density at radius 2 is 1.89 bits per heavy atom. The molecule has 4 nitrogen and oxygen atoms in total. The topological polar surface area (TPSA) is 51.0 Å². The van der Waals surface area contributed by atoms with Crippen LogP contribution in [0, 0.1) is 0 Å². The fourth-order valence-corrected chi connectivity index (χ4v) is 1.65. The van der Waals surface area contributed by atoms with Crippen LogP contribution in [0.2, 0.25) is 10.0 Å². The fourth-order valence-electron chi connectivity index (χ4n) is 1.35. The molecule has 0 aliphatic heterocycles. The van der Waals surface area contributed by atoms with Crippen molar-refractivity contribution >= 4 is 29.2 Å². The van der Waals surface area contributed by atoms with Crippen molar-refractivity contribution in [2.75, 3.05) is 5.32 Å². The van der Waals surface area contributed by atoms with Crippen LogP contribution in [0.25, 0.3) is 11.4 Å². The fraction of sp³-hybridized carbons (Fsp3) is 0.333. The molecule has 2 rings (SSSR count). The predicted octanol–water partition coefficient (Wildman–Crippen LogP) is 4.25. The Hall–Kier alpha value is -1.26. The number of nitrogens with zero attached hydrogens (tertiary/aromatic N) is 2. The summed E-state index contributed by atoms with van der Waals surface area (Å²) in [6.45, 7) is 6.03. The van der Waals surface area contributed by atoms with Crippen molar-refractivity contribution in [1.29, 1.82) is 0 Å². The first-order valence-corrected chi connectivity index (χ1v) is 6.18. The van der Waals surface area contributed by atoms with Crippen LogP contribution in [0.3, 0.4) is 0 Å². The lowest BCUT2D eigenvalue weighted by Crippen LogP contribution is -2.26. The molecule has 0 bridgehead atoms. The van der Waals surface area contributed by atoms with E-state index in [9.17, 15) is 0 Å². The molecule has 6 heteroatoms. The van der Waals surface area contributed by atoms with Crippen LogP contribution < -0.4 is 5.32 Å². The van der Waals surface area contributed by atoms with E-state index in [2.05, 4.69) is 15.5 Å². The molecular weight excluding hydrogens is 273 g/mol. The number of rotatable bonds is 2. The van der Waals surface area contributed by atoms with Gasteiger partial charge in [0.1, 0.15) is 0 Å². The normalized spacial score (nSPS) is 11.6. The predicted molar refractivity (Wildman–Crippen MR) is 73.1 cm³/mol. The summed E-state index contributed by atoms with van der Waals surface area (Å²) in [4.78, 5) is 4.25. The van der Waals surface area contributed by atoms with Crippen molar-refractivity contribution in [3.05, 3.63) is 28.2 Å². The minimum absolute atomic E-state index is 0.137. The number of hydrogen-bond donors (Lipinski definition) is 1. The Morgan fingerprint density at radius 3 is 2.50 bits per heavy atom. The monoisotopic (exact) mass is 285 g/mol. The Bertz CT molecular complexity index is 561. The van der Waals surface area contributed by atoms with Gasteiger partial charge in [0.25, 0.3) is 0 Å². The lowest BCUT2D eigenvalue weighted by molar-refractivity contribution is 0.420. The van der Waals surface area contributed by atoms with E-state index in [0.717, 1.165) is 5.56 Å². The van der Waals surface area contributed by atoms with Crippen LogP contribution >= 0.6 is 23.2 Å². The van der Waals surface area contributed by atoms with E-state index < -0.39 is 0 Å². The third-order valence-electron chi connectivity index (χ3n) is 2.09. The van der Waals surface area contributed by atoms with Crippen LogP contribution in [0.4, 0.5) is 6.01 Å². The molecule has 2 aromatic rings. The molecule has 96 valence electrons. The zero-order valence-corrected chi connectivity index (χ0v) is 11.8.